The first-order valence-electron chi connectivity index (χ1n) is 10.5. The number of halogens is 1. The standard InChI is InChI=1S/C24H29BrN2O4S/c1-14-7-6-8-20(17(14)4)26-22(28)13-30-23-19(25)9-18(10-21(23)29-5)24(32)27-11-15(2)31-16(3)12-27/h6-10,15-16H,11-13H2,1-5H3,(H,26,28)/t15-,16+. The average molecular weight is 521 g/mol. The van der Waals surface area contributed by atoms with Crippen molar-refractivity contribution < 1.29 is 19.0 Å². The fourth-order valence-corrected chi connectivity index (χ4v) is 4.54. The second kappa shape index (κ2) is 10.6. The number of carbonyl (C=O) groups excluding carboxylic acids is 1. The van der Waals surface area contributed by atoms with Gasteiger partial charge in [-0.15, -0.1) is 0 Å². The number of thiocarbonyl (C=S) groups is 1. The Labute approximate surface area is 203 Å². The first-order valence-corrected chi connectivity index (χ1v) is 11.7. The van der Waals surface area contributed by atoms with Crippen molar-refractivity contribution in [2.45, 2.75) is 39.9 Å². The van der Waals surface area contributed by atoms with E-state index in [9.17, 15) is 4.79 Å². The molecule has 0 saturated carbocycles. The summed E-state index contributed by atoms with van der Waals surface area (Å²) in [4.78, 5) is 15.3. The molecular weight excluding hydrogens is 492 g/mol. The number of anilines is 1. The van der Waals surface area contributed by atoms with E-state index in [1.807, 2.05) is 58.0 Å². The maximum absolute atomic E-state index is 12.5. The van der Waals surface area contributed by atoms with Gasteiger partial charge in [-0.25, -0.2) is 0 Å². The van der Waals surface area contributed by atoms with Gasteiger partial charge >= 0.3 is 0 Å². The van der Waals surface area contributed by atoms with E-state index in [-0.39, 0.29) is 24.7 Å². The highest BCUT2D eigenvalue weighted by Crippen LogP contribution is 2.37. The summed E-state index contributed by atoms with van der Waals surface area (Å²) in [6.45, 7) is 9.39. The molecule has 0 radical (unpaired) electrons. The second-order valence-electron chi connectivity index (χ2n) is 8.04. The molecule has 0 aromatic heterocycles. The molecule has 3 rings (SSSR count). The third kappa shape index (κ3) is 5.79. The average Bonchev–Trinajstić information content (AvgIpc) is 2.74. The van der Waals surface area contributed by atoms with Gasteiger partial charge in [0, 0.05) is 24.3 Å². The zero-order valence-electron chi connectivity index (χ0n) is 19.0. The highest BCUT2D eigenvalue weighted by atomic mass is 79.9. The molecule has 0 aliphatic carbocycles. The van der Waals surface area contributed by atoms with Crippen molar-refractivity contribution in [3.05, 3.63) is 51.5 Å². The van der Waals surface area contributed by atoms with Crippen LogP contribution in [-0.2, 0) is 9.53 Å². The van der Waals surface area contributed by atoms with Gasteiger partial charge in [-0.05, 0) is 73.0 Å². The van der Waals surface area contributed by atoms with Crippen molar-refractivity contribution >= 4 is 44.7 Å². The molecule has 2 aromatic carbocycles. The lowest BCUT2D eigenvalue weighted by Crippen LogP contribution is -2.47. The van der Waals surface area contributed by atoms with Crippen molar-refractivity contribution in [1.29, 1.82) is 0 Å². The predicted molar refractivity (Wildman–Crippen MR) is 134 cm³/mol. The fraction of sp³-hybridized carbons (Fsp3) is 0.417. The van der Waals surface area contributed by atoms with Crippen molar-refractivity contribution in [3.8, 4) is 11.5 Å². The topological polar surface area (TPSA) is 60.0 Å². The Hall–Kier alpha value is -2.16. The molecule has 0 unspecified atom stereocenters. The Morgan fingerprint density at radius 1 is 1.25 bits per heavy atom. The Morgan fingerprint density at radius 2 is 1.94 bits per heavy atom. The molecule has 1 fully saturated rings. The van der Waals surface area contributed by atoms with E-state index in [0.29, 0.717) is 16.0 Å². The molecule has 0 bridgehead atoms. The molecule has 0 spiro atoms. The number of hydrogen-bond acceptors (Lipinski definition) is 5. The first kappa shape index (κ1) is 24.5. The number of morpholine rings is 1. The summed E-state index contributed by atoms with van der Waals surface area (Å²) in [7, 11) is 1.57. The lowest BCUT2D eigenvalue weighted by Gasteiger charge is -2.37. The molecule has 1 N–H and O–H groups in total. The molecule has 32 heavy (non-hydrogen) atoms. The van der Waals surface area contributed by atoms with Gasteiger partial charge in [-0.3, -0.25) is 4.79 Å². The number of nitrogens with zero attached hydrogens (tertiary/aromatic N) is 1. The first-order chi connectivity index (χ1) is 15.2. The van der Waals surface area contributed by atoms with E-state index in [4.69, 9.17) is 26.4 Å². The van der Waals surface area contributed by atoms with Crippen LogP contribution in [0.5, 0.6) is 11.5 Å². The zero-order valence-corrected chi connectivity index (χ0v) is 21.4. The number of ether oxygens (including phenoxy) is 3. The summed E-state index contributed by atoms with van der Waals surface area (Å²) in [5.74, 6) is 0.716. The summed E-state index contributed by atoms with van der Waals surface area (Å²) in [5.41, 5.74) is 3.77. The van der Waals surface area contributed by atoms with E-state index in [0.717, 1.165) is 40.5 Å². The minimum absolute atomic E-state index is 0.111. The summed E-state index contributed by atoms with van der Waals surface area (Å²) in [5, 5.41) is 2.90. The van der Waals surface area contributed by atoms with Crippen LogP contribution in [0.4, 0.5) is 5.69 Å². The molecule has 6 nitrogen and oxygen atoms in total. The molecule has 1 saturated heterocycles. The van der Waals surface area contributed by atoms with Gasteiger partial charge in [0.25, 0.3) is 5.91 Å². The van der Waals surface area contributed by atoms with Crippen molar-refractivity contribution in [2.24, 2.45) is 0 Å². The van der Waals surface area contributed by atoms with E-state index in [2.05, 4.69) is 26.1 Å². The van der Waals surface area contributed by atoms with Crippen molar-refractivity contribution in [3.63, 3.8) is 0 Å². The predicted octanol–water partition coefficient (Wildman–Crippen LogP) is 4.88. The number of aryl methyl sites for hydroxylation is 1. The van der Waals surface area contributed by atoms with Crippen LogP contribution in [0, 0.1) is 13.8 Å². The lowest BCUT2D eigenvalue weighted by molar-refractivity contribution is -0.118. The van der Waals surface area contributed by atoms with Crippen LogP contribution in [0.15, 0.2) is 34.8 Å². The summed E-state index contributed by atoms with van der Waals surface area (Å²) < 4.78 is 17.8. The molecule has 1 heterocycles. The van der Waals surface area contributed by atoms with Gasteiger partial charge < -0.3 is 24.4 Å². The van der Waals surface area contributed by atoms with Crippen LogP contribution in [0.25, 0.3) is 0 Å². The number of amides is 1. The maximum Gasteiger partial charge on any atom is 0.262 e. The quantitative estimate of drug-likeness (QED) is 0.548. The maximum atomic E-state index is 12.5. The Morgan fingerprint density at radius 3 is 2.59 bits per heavy atom. The molecule has 2 atom stereocenters. The van der Waals surface area contributed by atoms with Crippen LogP contribution in [-0.4, -0.2) is 54.8 Å². The molecule has 2 aromatic rings. The molecule has 1 aliphatic heterocycles. The summed E-state index contributed by atoms with van der Waals surface area (Å²) >= 11 is 9.30. The molecule has 172 valence electrons. The molecule has 1 amide bonds. The normalized spacial score (nSPS) is 18.2. The van der Waals surface area contributed by atoms with Crippen molar-refractivity contribution in [1.82, 2.24) is 4.90 Å². The minimum atomic E-state index is -0.247. The van der Waals surface area contributed by atoms with Crippen LogP contribution in [0.3, 0.4) is 0 Å². The summed E-state index contributed by atoms with van der Waals surface area (Å²) in [6, 6.07) is 9.53. The van der Waals surface area contributed by atoms with E-state index in [1.54, 1.807) is 7.11 Å². The molecule has 1 aliphatic rings. The number of benzene rings is 2. The smallest absolute Gasteiger partial charge is 0.262 e. The number of rotatable bonds is 6. The third-order valence-electron chi connectivity index (χ3n) is 5.41. The second-order valence-corrected chi connectivity index (χ2v) is 9.28. The van der Waals surface area contributed by atoms with Gasteiger partial charge in [0.1, 0.15) is 4.99 Å². The van der Waals surface area contributed by atoms with E-state index >= 15 is 0 Å². The Kier molecular flexibility index (Phi) is 8.14. The number of hydrogen-bond donors (Lipinski definition) is 1. The largest absolute Gasteiger partial charge is 0.493 e. The minimum Gasteiger partial charge on any atom is -0.493 e. The third-order valence-corrected chi connectivity index (χ3v) is 6.49. The lowest BCUT2D eigenvalue weighted by atomic mass is 10.1. The summed E-state index contributed by atoms with van der Waals surface area (Å²) in [6.07, 6.45) is 0.223. The Balaban J connectivity index is 1.71. The fourth-order valence-electron chi connectivity index (χ4n) is 3.72. The van der Waals surface area contributed by atoms with Gasteiger partial charge in [-0.2, -0.15) is 0 Å². The highest BCUT2D eigenvalue weighted by Gasteiger charge is 2.26. The van der Waals surface area contributed by atoms with Gasteiger partial charge in [0.15, 0.2) is 18.1 Å². The number of carbonyl (C=O) groups is 1. The monoisotopic (exact) mass is 520 g/mol. The van der Waals surface area contributed by atoms with Crippen LogP contribution in [0.1, 0.15) is 30.5 Å². The van der Waals surface area contributed by atoms with E-state index in [1.165, 1.54) is 0 Å². The highest BCUT2D eigenvalue weighted by molar-refractivity contribution is 9.10. The zero-order chi connectivity index (χ0) is 23.4. The van der Waals surface area contributed by atoms with Crippen molar-refractivity contribution in [2.75, 3.05) is 32.1 Å². The SMILES string of the molecule is COc1cc(C(=S)N2C[C@@H](C)O[C@@H](C)C2)cc(Br)c1OCC(=O)Nc1cccc(C)c1C. The van der Waals surface area contributed by atoms with Crippen LogP contribution in [0.2, 0.25) is 0 Å². The van der Waals surface area contributed by atoms with Gasteiger partial charge in [0.05, 0.1) is 23.8 Å². The van der Waals surface area contributed by atoms with Gasteiger partial charge in [-0.1, -0.05) is 24.4 Å². The van der Waals surface area contributed by atoms with Crippen LogP contribution >= 0.6 is 28.1 Å². The molecular formula is C24H29BrN2O4S. The van der Waals surface area contributed by atoms with Gasteiger partial charge in [0.2, 0.25) is 0 Å². The number of methoxy groups -OCH3 is 1. The number of nitrogens with one attached hydrogen (secondary N) is 1. The van der Waals surface area contributed by atoms with Crippen LogP contribution < -0.4 is 14.8 Å². The molecule has 8 heteroatoms. The van der Waals surface area contributed by atoms with E-state index < -0.39 is 0 Å². The Bertz CT molecular complexity index is 1000.